The Morgan fingerprint density at radius 1 is 0.680 bits per heavy atom. The summed E-state index contributed by atoms with van der Waals surface area (Å²) in [5.41, 5.74) is 2.57. The molecule has 0 saturated heterocycles. The Morgan fingerprint density at radius 3 is 1.76 bits per heavy atom. The van der Waals surface area contributed by atoms with Crippen molar-refractivity contribution in [3.05, 3.63) is 101 Å². The molecule has 0 aliphatic rings. The summed E-state index contributed by atoms with van der Waals surface area (Å²) < 4.78 is 0. The van der Waals surface area contributed by atoms with E-state index in [4.69, 9.17) is 0 Å². The summed E-state index contributed by atoms with van der Waals surface area (Å²) in [6.07, 6.45) is 0.333. The number of rotatable bonds is 6. The monoisotopic (exact) mass is 330 g/mol. The third kappa shape index (κ3) is 4.21. The number of hydrogen-bond acceptors (Lipinski definition) is 3. The quantitative estimate of drug-likeness (QED) is 0.688. The van der Waals surface area contributed by atoms with Gasteiger partial charge in [-0.1, -0.05) is 72.8 Å². The molecule has 0 aliphatic heterocycles. The number of Topliss-reactive ketones (excluding diaryl/α,β-unsaturated/α-hetero) is 2. The topological polar surface area (TPSA) is 54.4 Å². The van der Waals surface area contributed by atoms with Crippen molar-refractivity contribution in [1.82, 2.24) is 0 Å². The number of hydrogen-bond donors (Lipinski definition) is 1. The Bertz CT molecular complexity index is 884. The fourth-order valence-corrected chi connectivity index (χ4v) is 2.70. The predicted octanol–water partition coefficient (Wildman–Crippen LogP) is 4.24. The van der Waals surface area contributed by atoms with Gasteiger partial charge in [0.1, 0.15) is 5.75 Å². The van der Waals surface area contributed by atoms with Gasteiger partial charge in [-0.2, -0.15) is 0 Å². The van der Waals surface area contributed by atoms with Gasteiger partial charge < -0.3 is 5.11 Å². The van der Waals surface area contributed by atoms with Gasteiger partial charge in [-0.05, 0) is 11.6 Å². The zero-order valence-electron chi connectivity index (χ0n) is 13.7. The second kappa shape index (κ2) is 7.58. The van der Waals surface area contributed by atoms with E-state index in [1.807, 2.05) is 36.4 Å². The molecule has 0 bridgehead atoms. The molecule has 0 fully saturated rings. The summed E-state index contributed by atoms with van der Waals surface area (Å²) in [6, 6.07) is 23.0. The molecule has 0 aromatic heterocycles. The van der Waals surface area contributed by atoms with Crippen LogP contribution in [0.1, 0.15) is 31.8 Å². The van der Waals surface area contributed by atoms with Gasteiger partial charge in [0.25, 0.3) is 0 Å². The number of aromatic hydroxyl groups is 1. The fourth-order valence-electron chi connectivity index (χ4n) is 2.70. The molecule has 3 nitrogen and oxygen atoms in total. The number of phenols is 1. The average molecular weight is 330 g/mol. The minimum atomic E-state index is -0.0672. The zero-order chi connectivity index (χ0) is 17.6. The van der Waals surface area contributed by atoms with Gasteiger partial charge in [0.15, 0.2) is 11.6 Å². The normalized spacial score (nSPS) is 10.4. The standard InChI is InChI=1S/C22H18O3/c23-20-12-11-16(14-21(24)17-7-3-1-4-8-17)13-19(20)15-22(25)18-9-5-2-6-10-18/h1-13,23H,14-15H2. The fraction of sp³-hybridized carbons (Fsp3) is 0.0909. The van der Waals surface area contributed by atoms with Crippen molar-refractivity contribution >= 4 is 11.6 Å². The van der Waals surface area contributed by atoms with E-state index in [-0.39, 0.29) is 30.2 Å². The summed E-state index contributed by atoms with van der Waals surface area (Å²) in [5.74, 6) is 0.00857. The highest BCUT2D eigenvalue weighted by atomic mass is 16.3. The van der Waals surface area contributed by atoms with E-state index < -0.39 is 0 Å². The SMILES string of the molecule is O=C(Cc1ccc(O)c(CC(=O)c2ccccc2)c1)c1ccccc1. The Balaban J connectivity index is 1.76. The van der Waals surface area contributed by atoms with Crippen LogP contribution < -0.4 is 0 Å². The van der Waals surface area contributed by atoms with Crippen LogP contribution >= 0.6 is 0 Å². The molecule has 0 atom stereocenters. The Hall–Kier alpha value is -3.20. The Kier molecular flexibility index (Phi) is 5.05. The van der Waals surface area contributed by atoms with E-state index in [0.717, 1.165) is 5.56 Å². The maximum Gasteiger partial charge on any atom is 0.167 e. The highest BCUT2D eigenvalue weighted by molar-refractivity contribution is 5.98. The van der Waals surface area contributed by atoms with Gasteiger partial charge in [-0.15, -0.1) is 0 Å². The van der Waals surface area contributed by atoms with E-state index >= 15 is 0 Å². The third-order valence-corrected chi connectivity index (χ3v) is 4.05. The largest absolute Gasteiger partial charge is 0.508 e. The van der Waals surface area contributed by atoms with E-state index in [1.165, 1.54) is 0 Å². The first-order valence-electron chi connectivity index (χ1n) is 8.11. The van der Waals surface area contributed by atoms with Gasteiger partial charge in [0.2, 0.25) is 0 Å². The van der Waals surface area contributed by atoms with Crippen LogP contribution in [0.25, 0.3) is 0 Å². The van der Waals surface area contributed by atoms with Crippen LogP contribution in [0, 0.1) is 0 Å². The maximum absolute atomic E-state index is 12.3. The van der Waals surface area contributed by atoms with Gasteiger partial charge in [-0.25, -0.2) is 0 Å². The molecule has 3 heteroatoms. The lowest BCUT2D eigenvalue weighted by Gasteiger charge is -2.08. The molecule has 0 radical (unpaired) electrons. The van der Waals surface area contributed by atoms with E-state index in [2.05, 4.69) is 0 Å². The number of carbonyl (C=O) groups excluding carboxylic acids is 2. The highest BCUT2D eigenvalue weighted by Crippen LogP contribution is 2.21. The van der Waals surface area contributed by atoms with Crippen LogP contribution in [0.5, 0.6) is 5.75 Å². The van der Waals surface area contributed by atoms with Crippen molar-refractivity contribution < 1.29 is 14.7 Å². The first kappa shape index (κ1) is 16.7. The lowest BCUT2D eigenvalue weighted by Crippen LogP contribution is -2.06. The van der Waals surface area contributed by atoms with E-state index in [0.29, 0.717) is 16.7 Å². The smallest absolute Gasteiger partial charge is 0.167 e. The van der Waals surface area contributed by atoms with Crippen molar-refractivity contribution in [2.75, 3.05) is 0 Å². The molecule has 0 spiro atoms. The van der Waals surface area contributed by atoms with E-state index in [1.54, 1.807) is 42.5 Å². The van der Waals surface area contributed by atoms with Crippen molar-refractivity contribution in [1.29, 1.82) is 0 Å². The molecule has 3 rings (SSSR count). The van der Waals surface area contributed by atoms with Crippen LogP contribution in [0.15, 0.2) is 78.9 Å². The zero-order valence-corrected chi connectivity index (χ0v) is 13.7. The lowest BCUT2D eigenvalue weighted by molar-refractivity contribution is 0.0986. The summed E-state index contributed by atoms with van der Waals surface area (Å²) in [6.45, 7) is 0. The molecule has 3 aromatic rings. The molecule has 1 N–H and O–H groups in total. The number of ketones is 2. The van der Waals surface area contributed by atoms with Crippen LogP contribution in [0.3, 0.4) is 0 Å². The summed E-state index contributed by atoms with van der Waals surface area (Å²) in [7, 11) is 0. The molecule has 3 aromatic carbocycles. The summed E-state index contributed by atoms with van der Waals surface area (Å²) in [4.78, 5) is 24.7. The third-order valence-electron chi connectivity index (χ3n) is 4.05. The van der Waals surface area contributed by atoms with Crippen molar-refractivity contribution in [2.45, 2.75) is 12.8 Å². The number of benzene rings is 3. The molecule has 124 valence electrons. The Labute approximate surface area is 146 Å². The highest BCUT2D eigenvalue weighted by Gasteiger charge is 2.12. The second-order valence-corrected chi connectivity index (χ2v) is 5.90. The minimum Gasteiger partial charge on any atom is -0.508 e. The van der Waals surface area contributed by atoms with Crippen LogP contribution in [-0.4, -0.2) is 16.7 Å². The Morgan fingerprint density at radius 2 is 1.20 bits per heavy atom. The lowest BCUT2D eigenvalue weighted by atomic mass is 9.97. The molecular weight excluding hydrogens is 312 g/mol. The number of carbonyl (C=O) groups is 2. The first-order valence-corrected chi connectivity index (χ1v) is 8.11. The van der Waals surface area contributed by atoms with Crippen LogP contribution in [0.4, 0.5) is 0 Å². The van der Waals surface area contributed by atoms with E-state index in [9.17, 15) is 14.7 Å². The molecule has 0 amide bonds. The number of phenolic OH excluding ortho intramolecular Hbond substituents is 1. The molecule has 25 heavy (non-hydrogen) atoms. The molecule has 0 heterocycles. The second-order valence-electron chi connectivity index (χ2n) is 5.90. The maximum atomic E-state index is 12.3. The predicted molar refractivity (Wildman–Crippen MR) is 97.1 cm³/mol. The van der Waals surface area contributed by atoms with Crippen molar-refractivity contribution in [3.8, 4) is 5.75 Å². The van der Waals surface area contributed by atoms with Gasteiger partial charge in [-0.3, -0.25) is 9.59 Å². The van der Waals surface area contributed by atoms with Crippen molar-refractivity contribution in [2.24, 2.45) is 0 Å². The minimum absolute atomic E-state index is 0.00613. The first-order chi connectivity index (χ1) is 12.1. The molecule has 0 saturated carbocycles. The van der Waals surface area contributed by atoms with Crippen molar-refractivity contribution in [3.63, 3.8) is 0 Å². The average Bonchev–Trinajstić information content (AvgIpc) is 2.66. The van der Waals surface area contributed by atoms with Crippen LogP contribution in [0.2, 0.25) is 0 Å². The van der Waals surface area contributed by atoms with Gasteiger partial charge >= 0.3 is 0 Å². The molecule has 0 aliphatic carbocycles. The van der Waals surface area contributed by atoms with Crippen LogP contribution in [-0.2, 0) is 12.8 Å². The van der Waals surface area contributed by atoms with Gasteiger partial charge in [0, 0.05) is 29.5 Å². The van der Waals surface area contributed by atoms with Gasteiger partial charge in [0.05, 0.1) is 0 Å². The molecular formula is C22H18O3. The summed E-state index contributed by atoms with van der Waals surface area (Å²) >= 11 is 0. The molecule has 0 unspecified atom stereocenters. The summed E-state index contributed by atoms with van der Waals surface area (Å²) in [5, 5.41) is 10.0.